The zero-order valence-electron chi connectivity index (χ0n) is 7.92. The standard InChI is InChI=1S/C7H18N4S/c1-6(2)11(3)5-4-9-7(12)10-8/h6H,4-5,8H2,1-3H3,(H2,9,10,12). The van der Waals surface area contributed by atoms with Crippen LogP contribution >= 0.6 is 12.2 Å². The van der Waals surface area contributed by atoms with Crippen LogP contribution < -0.4 is 16.6 Å². The van der Waals surface area contributed by atoms with Crippen molar-refractivity contribution in [3.05, 3.63) is 0 Å². The molecular formula is C7H18N4S. The zero-order chi connectivity index (χ0) is 9.56. The van der Waals surface area contributed by atoms with Gasteiger partial charge in [0.25, 0.3) is 0 Å². The Morgan fingerprint density at radius 2 is 2.17 bits per heavy atom. The monoisotopic (exact) mass is 190 g/mol. The molecular weight excluding hydrogens is 172 g/mol. The largest absolute Gasteiger partial charge is 0.360 e. The van der Waals surface area contributed by atoms with Gasteiger partial charge in [0, 0.05) is 19.1 Å². The summed E-state index contributed by atoms with van der Waals surface area (Å²) in [5.41, 5.74) is 2.37. The molecule has 5 heteroatoms. The number of hydrogen-bond donors (Lipinski definition) is 3. The second kappa shape index (κ2) is 6.16. The number of likely N-dealkylation sites (N-methyl/N-ethyl adjacent to an activating group) is 1. The van der Waals surface area contributed by atoms with Gasteiger partial charge in [0.1, 0.15) is 0 Å². The van der Waals surface area contributed by atoms with E-state index in [1.807, 2.05) is 0 Å². The number of nitrogens with two attached hydrogens (primary N) is 1. The van der Waals surface area contributed by atoms with Gasteiger partial charge < -0.3 is 15.6 Å². The van der Waals surface area contributed by atoms with Gasteiger partial charge in [-0.25, -0.2) is 5.84 Å². The van der Waals surface area contributed by atoms with Crippen LogP contribution in [-0.2, 0) is 0 Å². The molecule has 0 aromatic rings. The van der Waals surface area contributed by atoms with Gasteiger partial charge in [-0.15, -0.1) is 0 Å². The van der Waals surface area contributed by atoms with Crippen LogP contribution in [0.3, 0.4) is 0 Å². The molecule has 0 aliphatic carbocycles. The van der Waals surface area contributed by atoms with E-state index in [-0.39, 0.29) is 0 Å². The predicted octanol–water partition coefficient (Wildman–Crippen LogP) is -0.336. The molecule has 0 radical (unpaired) electrons. The molecule has 72 valence electrons. The maximum Gasteiger partial charge on any atom is 0.180 e. The first-order chi connectivity index (χ1) is 5.57. The minimum Gasteiger partial charge on any atom is -0.360 e. The Hall–Kier alpha value is -0.390. The van der Waals surface area contributed by atoms with E-state index in [1.165, 1.54) is 0 Å². The van der Waals surface area contributed by atoms with Crippen molar-refractivity contribution in [1.29, 1.82) is 0 Å². The third kappa shape index (κ3) is 5.29. The summed E-state index contributed by atoms with van der Waals surface area (Å²) in [6.45, 7) is 6.08. The fraction of sp³-hybridized carbons (Fsp3) is 0.857. The number of nitrogens with zero attached hydrogens (tertiary/aromatic N) is 1. The number of nitrogens with one attached hydrogen (secondary N) is 2. The lowest BCUT2D eigenvalue weighted by Crippen LogP contribution is -2.43. The topological polar surface area (TPSA) is 53.3 Å². The van der Waals surface area contributed by atoms with Crippen molar-refractivity contribution in [2.24, 2.45) is 5.84 Å². The van der Waals surface area contributed by atoms with Crippen LogP contribution in [0.5, 0.6) is 0 Å². The average molecular weight is 190 g/mol. The Kier molecular flexibility index (Phi) is 5.96. The van der Waals surface area contributed by atoms with Gasteiger partial charge in [-0.3, -0.25) is 0 Å². The van der Waals surface area contributed by atoms with Crippen molar-refractivity contribution >= 4 is 17.3 Å². The van der Waals surface area contributed by atoms with Gasteiger partial charge in [0.2, 0.25) is 0 Å². The van der Waals surface area contributed by atoms with Crippen LogP contribution in [-0.4, -0.2) is 36.2 Å². The first-order valence-corrected chi connectivity index (χ1v) is 4.43. The fourth-order valence-corrected chi connectivity index (χ4v) is 0.757. The summed E-state index contributed by atoms with van der Waals surface area (Å²) in [6, 6.07) is 0.561. The molecule has 0 unspecified atom stereocenters. The van der Waals surface area contributed by atoms with E-state index < -0.39 is 0 Å². The van der Waals surface area contributed by atoms with Gasteiger partial charge in [-0.2, -0.15) is 0 Å². The van der Waals surface area contributed by atoms with E-state index in [0.29, 0.717) is 11.2 Å². The number of rotatable bonds is 4. The molecule has 0 atom stereocenters. The van der Waals surface area contributed by atoms with Gasteiger partial charge in [-0.1, -0.05) is 0 Å². The van der Waals surface area contributed by atoms with Crippen LogP contribution in [0.1, 0.15) is 13.8 Å². The van der Waals surface area contributed by atoms with Crippen molar-refractivity contribution < 1.29 is 0 Å². The highest BCUT2D eigenvalue weighted by Crippen LogP contribution is 1.90. The highest BCUT2D eigenvalue weighted by atomic mass is 32.1. The molecule has 0 aliphatic heterocycles. The highest BCUT2D eigenvalue weighted by molar-refractivity contribution is 7.80. The van der Waals surface area contributed by atoms with Crippen LogP contribution in [0.2, 0.25) is 0 Å². The minimum absolute atomic E-state index is 0.493. The Labute approximate surface area is 79.5 Å². The number of hydrogen-bond acceptors (Lipinski definition) is 3. The van der Waals surface area contributed by atoms with Crippen molar-refractivity contribution in [2.75, 3.05) is 20.1 Å². The Bertz CT molecular complexity index is 137. The normalized spacial score (nSPS) is 10.5. The molecule has 0 aromatic heterocycles. The molecule has 4 N–H and O–H groups in total. The maximum atomic E-state index is 5.08. The predicted molar refractivity (Wildman–Crippen MR) is 55.7 cm³/mol. The third-order valence-corrected chi connectivity index (χ3v) is 2.02. The van der Waals surface area contributed by atoms with Crippen LogP contribution in [0, 0.1) is 0 Å². The molecule has 0 saturated heterocycles. The SMILES string of the molecule is CC(C)N(C)CCNC(=S)NN. The van der Waals surface area contributed by atoms with Crippen LogP contribution in [0.15, 0.2) is 0 Å². The molecule has 0 bridgehead atoms. The third-order valence-electron chi connectivity index (χ3n) is 1.76. The molecule has 0 rings (SSSR count). The van der Waals surface area contributed by atoms with E-state index in [2.05, 4.69) is 36.5 Å². The van der Waals surface area contributed by atoms with E-state index in [4.69, 9.17) is 18.1 Å². The molecule has 0 heterocycles. The first-order valence-electron chi connectivity index (χ1n) is 4.02. The summed E-state index contributed by atoms with van der Waals surface area (Å²) >= 11 is 4.81. The second-order valence-electron chi connectivity index (χ2n) is 2.97. The van der Waals surface area contributed by atoms with Gasteiger partial charge in [-0.05, 0) is 33.1 Å². The zero-order valence-corrected chi connectivity index (χ0v) is 8.74. The quantitative estimate of drug-likeness (QED) is 0.322. The van der Waals surface area contributed by atoms with E-state index >= 15 is 0 Å². The lowest BCUT2D eigenvalue weighted by atomic mass is 10.3. The molecule has 0 aliphatic rings. The number of hydrazine groups is 1. The van der Waals surface area contributed by atoms with Crippen molar-refractivity contribution in [2.45, 2.75) is 19.9 Å². The molecule has 0 saturated carbocycles. The summed E-state index contributed by atoms with van der Waals surface area (Å²) in [4.78, 5) is 2.23. The maximum absolute atomic E-state index is 5.08. The second-order valence-corrected chi connectivity index (χ2v) is 3.38. The van der Waals surface area contributed by atoms with E-state index in [0.717, 1.165) is 13.1 Å². The lowest BCUT2D eigenvalue weighted by molar-refractivity contribution is 0.278. The molecule has 0 aromatic carbocycles. The van der Waals surface area contributed by atoms with Crippen molar-refractivity contribution in [3.63, 3.8) is 0 Å². The summed E-state index contributed by atoms with van der Waals surface area (Å²) < 4.78 is 0. The van der Waals surface area contributed by atoms with Gasteiger partial charge >= 0.3 is 0 Å². The minimum atomic E-state index is 0.493. The summed E-state index contributed by atoms with van der Waals surface area (Å²) in [5, 5.41) is 3.46. The van der Waals surface area contributed by atoms with Crippen molar-refractivity contribution in [3.8, 4) is 0 Å². The summed E-state index contributed by atoms with van der Waals surface area (Å²) in [5.74, 6) is 5.08. The van der Waals surface area contributed by atoms with Gasteiger partial charge in [0.15, 0.2) is 5.11 Å². The lowest BCUT2D eigenvalue weighted by Gasteiger charge is -2.21. The summed E-state index contributed by atoms with van der Waals surface area (Å²) in [6.07, 6.45) is 0. The summed E-state index contributed by atoms with van der Waals surface area (Å²) in [7, 11) is 2.07. The molecule has 0 amide bonds. The van der Waals surface area contributed by atoms with E-state index in [9.17, 15) is 0 Å². The van der Waals surface area contributed by atoms with Crippen LogP contribution in [0.4, 0.5) is 0 Å². The van der Waals surface area contributed by atoms with Gasteiger partial charge in [0.05, 0.1) is 0 Å². The fourth-order valence-electron chi connectivity index (χ4n) is 0.655. The molecule has 4 nitrogen and oxygen atoms in total. The Morgan fingerprint density at radius 1 is 1.58 bits per heavy atom. The van der Waals surface area contributed by atoms with Crippen molar-refractivity contribution in [1.82, 2.24) is 15.6 Å². The average Bonchev–Trinajstić information content (AvgIpc) is 2.03. The van der Waals surface area contributed by atoms with Crippen LogP contribution in [0.25, 0.3) is 0 Å². The van der Waals surface area contributed by atoms with E-state index in [1.54, 1.807) is 0 Å². The molecule has 0 fully saturated rings. The Balaban J connectivity index is 3.37. The molecule has 12 heavy (non-hydrogen) atoms. The number of thiocarbonyl (C=S) groups is 1. The molecule has 0 spiro atoms. The first kappa shape index (κ1) is 11.6. The smallest absolute Gasteiger partial charge is 0.180 e. The highest BCUT2D eigenvalue weighted by Gasteiger charge is 2.01. The Morgan fingerprint density at radius 3 is 2.58 bits per heavy atom.